The molecule has 0 unspecified atom stereocenters. The summed E-state index contributed by atoms with van der Waals surface area (Å²) in [5.74, 6) is 1.29. The lowest BCUT2D eigenvalue weighted by atomic mass is 10.2. The highest BCUT2D eigenvalue weighted by atomic mass is 32.2. The highest BCUT2D eigenvalue weighted by Crippen LogP contribution is 2.06. The average molecular weight is 312 g/mol. The van der Waals surface area contributed by atoms with Gasteiger partial charge in [0.25, 0.3) is 0 Å². The first-order valence-electron chi connectivity index (χ1n) is 7.24. The van der Waals surface area contributed by atoms with Gasteiger partial charge < -0.3 is 0 Å². The van der Waals surface area contributed by atoms with Gasteiger partial charge in [-0.25, -0.2) is 5.43 Å². The molecule has 0 saturated carbocycles. The second-order valence-electron chi connectivity index (χ2n) is 5.00. The van der Waals surface area contributed by atoms with E-state index in [0.717, 1.165) is 17.7 Å². The Morgan fingerprint density at radius 3 is 2.77 bits per heavy atom. The number of benzene rings is 2. The molecule has 0 radical (unpaired) electrons. The lowest BCUT2D eigenvalue weighted by molar-refractivity contribution is -0.118. The Balaban J connectivity index is 1.64. The molecule has 0 aliphatic heterocycles. The zero-order chi connectivity index (χ0) is 15.6. The third kappa shape index (κ3) is 6.14. The molecule has 2 rings (SSSR count). The number of hydrogen-bond donors (Lipinski definition) is 1. The third-order valence-corrected chi connectivity index (χ3v) is 4.02. The monoisotopic (exact) mass is 312 g/mol. The summed E-state index contributed by atoms with van der Waals surface area (Å²) in [7, 11) is 0. The van der Waals surface area contributed by atoms with Gasteiger partial charge in [0.1, 0.15) is 0 Å². The van der Waals surface area contributed by atoms with Crippen LogP contribution in [0.5, 0.6) is 0 Å². The Labute approximate surface area is 135 Å². The quantitative estimate of drug-likeness (QED) is 0.483. The van der Waals surface area contributed by atoms with Crippen LogP contribution in [-0.2, 0) is 11.2 Å². The fourth-order valence-electron chi connectivity index (χ4n) is 1.96. The van der Waals surface area contributed by atoms with E-state index in [-0.39, 0.29) is 5.91 Å². The zero-order valence-corrected chi connectivity index (χ0v) is 13.5. The van der Waals surface area contributed by atoms with Crippen LogP contribution in [0.4, 0.5) is 0 Å². The van der Waals surface area contributed by atoms with Crippen LogP contribution in [0.2, 0.25) is 0 Å². The molecular formula is C18H20N2OS. The van der Waals surface area contributed by atoms with Gasteiger partial charge in [-0.15, -0.1) is 0 Å². The third-order valence-electron chi connectivity index (χ3n) is 3.06. The maximum absolute atomic E-state index is 11.7. The van der Waals surface area contributed by atoms with Gasteiger partial charge in [-0.3, -0.25) is 4.79 Å². The van der Waals surface area contributed by atoms with Crippen LogP contribution in [-0.4, -0.2) is 23.6 Å². The first-order valence-corrected chi connectivity index (χ1v) is 8.40. The van der Waals surface area contributed by atoms with E-state index in [1.165, 1.54) is 11.1 Å². The largest absolute Gasteiger partial charge is 0.272 e. The molecule has 2 aromatic carbocycles. The van der Waals surface area contributed by atoms with Gasteiger partial charge in [0.15, 0.2) is 0 Å². The van der Waals surface area contributed by atoms with E-state index in [4.69, 9.17) is 0 Å². The molecule has 0 bridgehead atoms. The minimum atomic E-state index is -0.0676. The van der Waals surface area contributed by atoms with E-state index >= 15 is 0 Å². The topological polar surface area (TPSA) is 41.5 Å². The van der Waals surface area contributed by atoms with Gasteiger partial charge >= 0.3 is 0 Å². The number of thioether (sulfide) groups is 1. The highest BCUT2D eigenvalue weighted by molar-refractivity contribution is 7.99. The van der Waals surface area contributed by atoms with Crippen LogP contribution >= 0.6 is 11.8 Å². The Morgan fingerprint density at radius 1 is 1.18 bits per heavy atom. The molecule has 0 saturated heterocycles. The van der Waals surface area contributed by atoms with Crippen molar-refractivity contribution in [2.24, 2.45) is 5.10 Å². The summed E-state index contributed by atoms with van der Waals surface area (Å²) in [6.07, 6.45) is 2.64. The molecule has 114 valence electrons. The Kier molecular flexibility index (Phi) is 6.71. The van der Waals surface area contributed by atoms with Crippen molar-refractivity contribution in [3.05, 3.63) is 71.3 Å². The summed E-state index contributed by atoms with van der Waals surface area (Å²) in [5, 5.41) is 3.98. The molecular weight excluding hydrogens is 292 g/mol. The molecule has 0 aromatic heterocycles. The van der Waals surface area contributed by atoms with E-state index in [2.05, 4.69) is 22.7 Å². The number of amides is 1. The molecule has 0 fully saturated rings. The SMILES string of the molecule is Cc1cccc(/C=N\NC(=O)CSCCc2ccccc2)c1. The lowest BCUT2D eigenvalue weighted by Gasteiger charge is -2.01. The Hall–Kier alpha value is -2.07. The van der Waals surface area contributed by atoms with Crippen molar-refractivity contribution in [1.82, 2.24) is 5.43 Å². The van der Waals surface area contributed by atoms with E-state index in [9.17, 15) is 4.79 Å². The molecule has 1 N–H and O–H groups in total. The summed E-state index contributed by atoms with van der Waals surface area (Å²) >= 11 is 1.62. The van der Waals surface area contributed by atoms with Gasteiger partial charge in [-0.05, 0) is 30.2 Å². The number of carbonyl (C=O) groups is 1. The van der Waals surface area contributed by atoms with Crippen molar-refractivity contribution in [3.8, 4) is 0 Å². The van der Waals surface area contributed by atoms with Gasteiger partial charge in [0, 0.05) is 0 Å². The highest BCUT2D eigenvalue weighted by Gasteiger charge is 2.00. The van der Waals surface area contributed by atoms with Crippen LogP contribution in [0.15, 0.2) is 59.7 Å². The van der Waals surface area contributed by atoms with Crippen LogP contribution in [0, 0.1) is 6.92 Å². The normalized spacial score (nSPS) is 10.8. The van der Waals surface area contributed by atoms with Gasteiger partial charge in [-0.1, -0.05) is 60.2 Å². The van der Waals surface area contributed by atoms with Gasteiger partial charge in [-0.2, -0.15) is 16.9 Å². The zero-order valence-electron chi connectivity index (χ0n) is 12.7. The smallest absolute Gasteiger partial charge is 0.250 e. The second-order valence-corrected chi connectivity index (χ2v) is 6.10. The van der Waals surface area contributed by atoms with E-state index in [1.54, 1.807) is 18.0 Å². The minimum absolute atomic E-state index is 0.0676. The number of rotatable bonds is 7. The van der Waals surface area contributed by atoms with E-state index in [1.807, 2.05) is 49.4 Å². The van der Waals surface area contributed by atoms with Crippen LogP contribution in [0.3, 0.4) is 0 Å². The Bertz CT molecular complexity index is 626. The molecule has 22 heavy (non-hydrogen) atoms. The number of nitrogens with zero attached hydrogens (tertiary/aromatic N) is 1. The summed E-state index contributed by atoms with van der Waals surface area (Å²) < 4.78 is 0. The van der Waals surface area contributed by atoms with E-state index in [0.29, 0.717) is 5.75 Å². The lowest BCUT2D eigenvalue weighted by Crippen LogP contribution is -2.20. The molecule has 1 amide bonds. The first kappa shape index (κ1) is 16.3. The van der Waals surface area contributed by atoms with Gasteiger partial charge in [0.05, 0.1) is 12.0 Å². The average Bonchev–Trinajstić information content (AvgIpc) is 2.53. The standard InChI is InChI=1S/C18H20N2OS/c1-15-6-5-9-17(12-15)13-19-20-18(21)14-22-11-10-16-7-3-2-4-8-16/h2-9,12-13H,10-11,14H2,1H3,(H,20,21)/b19-13-. The predicted molar refractivity (Wildman–Crippen MR) is 94.4 cm³/mol. The maximum Gasteiger partial charge on any atom is 0.250 e. The molecule has 3 nitrogen and oxygen atoms in total. The Morgan fingerprint density at radius 2 is 2.00 bits per heavy atom. The minimum Gasteiger partial charge on any atom is -0.272 e. The number of hydrazone groups is 1. The van der Waals surface area contributed by atoms with Crippen molar-refractivity contribution < 1.29 is 4.79 Å². The summed E-state index contributed by atoms with van der Waals surface area (Å²) in [5.41, 5.74) is 6.01. The van der Waals surface area contributed by atoms with Crippen molar-refractivity contribution >= 4 is 23.9 Å². The molecule has 0 heterocycles. The molecule has 0 aliphatic carbocycles. The first-order chi connectivity index (χ1) is 10.7. The van der Waals surface area contributed by atoms with Crippen molar-refractivity contribution in [2.75, 3.05) is 11.5 Å². The number of aryl methyl sites for hydroxylation is 2. The number of nitrogens with one attached hydrogen (secondary N) is 1. The van der Waals surface area contributed by atoms with Crippen molar-refractivity contribution in [1.29, 1.82) is 0 Å². The summed E-state index contributed by atoms with van der Waals surface area (Å²) in [6, 6.07) is 18.3. The molecule has 0 atom stereocenters. The fraction of sp³-hybridized carbons (Fsp3) is 0.222. The summed E-state index contributed by atoms with van der Waals surface area (Å²) in [6.45, 7) is 2.03. The molecule has 4 heteroatoms. The second kappa shape index (κ2) is 9.05. The number of carbonyl (C=O) groups excluding carboxylic acids is 1. The predicted octanol–water partition coefficient (Wildman–Crippen LogP) is 3.42. The van der Waals surface area contributed by atoms with Gasteiger partial charge in [0.2, 0.25) is 5.91 Å². The summed E-state index contributed by atoms with van der Waals surface area (Å²) in [4.78, 5) is 11.7. The maximum atomic E-state index is 11.7. The molecule has 2 aromatic rings. The van der Waals surface area contributed by atoms with Crippen molar-refractivity contribution in [2.45, 2.75) is 13.3 Å². The van der Waals surface area contributed by atoms with E-state index < -0.39 is 0 Å². The fourth-order valence-corrected chi connectivity index (χ4v) is 2.74. The van der Waals surface area contributed by atoms with Crippen LogP contribution in [0.1, 0.15) is 16.7 Å². The van der Waals surface area contributed by atoms with Crippen LogP contribution in [0.25, 0.3) is 0 Å². The molecule has 0 aliphatic rings. The van der Waals surface area contributed by atoms with Crippen LogP contribution < -0.4 is 5.43 Å². The number of hydrogen-bond acceptors (Lipinski definition) is 3. The molecule has 0 spiro atoms. The van der Waals surface area contributed by atoms with Crippen molar-refractivity contribution in [3.63, 3.8) is 0 Å².